The molecule has 0 spiro atoms. The number of rotatable bonds is 1. The van der Waals surface area contributed by atoms with Gasteiger partial charge >= 0.3 is 65.5 Å². The first-order valence-electron chi connectivity index (χ1n) is 1.50. The van der Waals surface area contributed by atoms with Crippen molar-refractivity contribution in [2.75, 3.05) is 0 Å². The first-order chi connectivity index (χ1) is 2.27. The van der Waals surface area contributed by atoms with Crippen LogP contribution < -0.4 is 0 Å². The second-order valence-corrected chi connectivity index (χ2v) is 1.52. The second-order valence-electron chi connectivity index (χ2n) is 1.11. The van der Waals surface area contributed by atoms with E-state index in [-0.39, 0.29) is 0 Å². The molecule has 0 atom stereocenters. The van der Waals surface area contributed by atoms with Crippen molar-refractivity contribution >= 4 is 0 Å². The molecular weight excluding hydrogens is 225 g/mol. The van der Waals surface area contributed by atoms with E-state index in [2.05, 4.69) is 45.6 Å². The van der Waals surface area contributed by atoms with Crippen LogP contribution in [0.4, 0.5) is 0 Å². The van der Waals surface area contributed by atoms with Crippen LogP contribution in [0.25, 0.3) is 0 Å². The van der Waals surface area contributed by atoms with E-state index in [1.807, 2.05) is 13.8 Å². The molecule has 5 heavy (non-hydrogen) atoms. The van der Waals surface area contributed by atoms with Gasteiger partial charge in [0.05, 0.1) is 0 Å². The van der Waals surface area contributed by atoms with Crippen molar-refractivity contribution in [2.24, 2.45) is 0 Å². The molecule has 0 aromatic heterocycles. The molecule has 0 rings (SSSR count). The third-order valence-electron chi connectivity index (χ3n) is 0.126. The molecule has 0 amide bonds. The van der Waals surface area contributed by atoms with Crippen molar-refractivity contribution in [1.82, 2.24) is 0 Å². The van der Waals surface area contributed by atoms with Crippen molar-refractivity contribution < 1.29 is 45.6 Å². The van der Waals surface area contributed by atoms with Crippen LogP contribution in [-0.2, 0) is 0.304 Å². The van der Waals surface area contributed by atoms with Crippen LogP contribution in [0.1, 0.15) is 13.8 Å². The molecule has 0 saturated heterocycles. The molecule has 39 valence electrons. The summed E-state index contributed by atoms with van der Waals surface area (Å²) in [5, 5.41) is 0. The summed E-state index contributed by atoms with van der Waals surface area (Å²) in [4.78, 5) is 0. The summed E-state index contributed by atoms with van der Waals surface area (Å²) >= 11 is 2.52. The fourth-order valence-electron chi connectivity index (χ4n) is 0. The fraction of sp³-hybridized carbons (Fsp3) is 1.00. The second kappa shape index (κ2) is 3.66. The average Bonchev–Trinajstić information content (AvgIpc) is 1.38. The van der Waals surface area contributed by atoms with Gasteiger partial charge in [-0.05, 0) is 0 Å². The summed E-state index contributed by atoms with van der Waals surface area (Å²) in [5.41, 5.74) is 0. The molecule has 0 radical (unpaired) electrons. The number of hydrogen-bond acceptors (Lipinski definition) is 1. The molecule has 0 aromatic rings. The van der Waals surface area contributed by atoms with Gasteiger partial charge < -0.3 is 0 Å². The van der Waals surface area contributed by atoms with Gasteiger partial charge in [0.25, 0.3) is 0 Å². The zero-order chi connectivity index (χ0) is 4.28. The Balaban J connectivity index is 2.54. The van der Waals surface area contributed by atoms with Gasteiger partial charge in [-0.25, -0.2) is 0 Å². The Morgan fingerprint density at radius 1 is 1.60 bits per heavy atom. The van der Waals surface area contributed by atoms with Gasteiger partial charge in [-0.1, -0.05) is 0 Å². The van der Waals surface area contributed by atoms with Crippen molar-refractivity contribution in [3.63, 3.8) is 0 Å². The molecule has 0 aromatic carbocycles. The average molecular weight is 232 g/mol. The van der Waals surface area contributed by atoms with E-state index < -0.39 is 0 Å². The van der Waals surface area contributed by atoms with Crippen LogP contribution in [0.5, 0.6) is 0 Å². The normalized spacial score (nSPS) is 9.80. The Bertz CT molecular complexity index is 20.9. The summed E-state index contributed by atoms with van der Waals surface area (Å²) in [5.74, 6) is 0. The van der Waals surface area contributed by atoms with Gasteiger partial charge in [-0.3, -0.25) is 0 Å². The van der Waals surface area contributed by atoms with E-state index in [0.717, 1.165) is 0 Å². The Hall–Kier alpha value is 1.48. The molecule has 1 nitrogen and oxygen atoms in total. The van der Waals surface area contributed by atoms with E-state index >= 15 is 0 Å². The van der Waals surface area contributed by atoms with Crippen LogP contribution >= 0.6 is 0 Å². The van der Waals surface area contributed by atoms with E-state index in [0.29, 0.717) is 6.10 Å². The van der Waals surface area contributed by atoms with E-state index in [4.69, 9.17) is 0 Å². The molecule has 0 unspecified atom stereocenters. The van der Waals surface area contributed by atoms with Gasteiger partial charge in [-0.15, -0.1) is 0 Å². The van der Waals surface area contributed by atoms with Gasteiger partial charge in [-0.2, -0.15) is 0 Å². The van der Waals surface area contributed by atoms with Gasteiger partial charge in [0.2, 0.25) is 0 Å². The summed E-state index contributed by atoms with van der Waals surface area (Å²) in [6.07, 6.45) is 0.323. The summed E-state index contributed by atoms with van der Waals surface area (Å²) < 4.78 is 4.61. The maximum atomic E-state index is 4.61. The SMILES string of the molecule is CC(C)[O][Yb]. The van der Waals surface area contributed by atoms with Crippen LogP contribution in [-0.4, -0.2) is 6.10 Å². The molecule has 2 heteroatoms. The Kier molecular flexibility index (Phi) is 4.75. The Labute approximate surface area is 64.6 Å². The van der Waals surface area contributed by atoms with E-state index in [1.54, 1.807) is 0 Å². The van der Waals surface area contributed by atoms with Gasteiger partial charge in [0.15, 0.2) is 0 Å². The summed E-state index contributed by atoms with van der Waals surface area (Å²) in [6.45, 7) is 3.93. The molecule has 0 saturated carbocycles. The third kappa shape index (κ3) is 5.48. The predicted octanol–water partition coefficient (Wildman–Crippen LogP) is 0.876. The third-order valence-corrected chi connectivity index (χ3v) is 0.934. The first kappa shape index (κ1) is 6.48. The molecule has 0 aliphatic rings. The fourth-order valence-corrected chi connectivity index (χ4v) is 0. The van der Waals surface area contributed by atoms with Crippen molar-refractivity contribution in [2.45, 2.75) is 20.0 Å². The van der Waals surface area contributed by atoms with Crippen LogP contribution in [0.3, 0.4) is 0 Å². The molecular formula is C3H7OYb. The predicted molar refractivity (Wildman–Crippen MR) is 16.2 cm³/mol. The molecule has 0 aliphatic carbocycles. The topological polar surface area (TPSA) is 9.23 Å². The summed E-state index contributed by atoms with van der Waals surface area (Å²) in [7, 11) is 0. The van der Waals surface area contributed by atoms with E-state index in [9.17, 15) is 0 Å². The van der Waals surface area contributed by atoms with Crippen LogP contribution in [0.15, 0.2) is 0 Å². The van der Waals surface area contributed by atoms with Gasteiger partial charge in [0.1, 0.15) is 0 Å². The molecule has 0 N–H and O–H groups in total. The minimum atomic E-state index is 0.323. The quantitative estimate of drug-likeness (QED) is 0.652. The molecule has 0 bridgehead atoms. The monoisotopic (exact) mass is 233 g/mol. The molecule has 0 aliphatic heterocycles. The van der Waals surface area contributed by atoms with Crippen molar-refractivity contribution in [3.05, 3.63) is 0 Å². The first-order valence-corrected chi connectivity index (χ1v) is 2.20. The van der Waals surface area contributed by atoms with Gasteiger partial charge in [0, 0.05) is 0 Å². The maximum absolute atomic E-state index is 4.61. The van der Waals surface area contributed by atoms with Crippen molar-refractivity contribution in [3.8, 4) is 0 Å². The van der Waals surface area contributed by atoms with Crippen LogP contribution in [0.2, 0.25) is 0 Å². The summed E-state index contributed by atoms with van der Waals surface area (Å²) in [6, 6.07) is 0. The van der Waals surface area contributed by atoms with Crippen molar-refractivity contribution in [1.29, 1.82) is 0 Å². The molecule has 0 heterocycles. The van der Waals surface area contributed by atoms with E-state index in [1.165, 1.54) is 0 Å². The minimum absolute atomic E-state index is 0.323. The standard InChI is InChI=1S/C3H7O.Yb/c1-3(2)4;/h3H,1-2H3;/q-1;+1. The van der Waals surface area contributed by atoms with Crippen LogP contribution in [0, 0.1) is 45.3 Å². The Morgan fingerprint density at radius 3 is 1.80 bits per heavy atom. The molecule has 0 fully saturated rings. The Morgan fingerprint density at radius 2 is 1.80 bits per heavy atom. The zero-order valence-electron chi connectivity index (χ0n) is 3.25. The number of hydrogen-bond donors (Lipinski definition) is 0. The zero-order valence-corrected chi connectivity index (χ0v) is 4.97.